The number of amides is 5. The quantitative estimate of drug-likeness (QED) is 0.467. The third-order valence-corrected chi connectivity index (χ3v) is 5.55. The molecule has 164 valence electrons. The molecule has 2 aliphatic rings. The summed E-state index contributed by atoms with van der Waals surface area (Å²) in [5, 5.41) is 4.62. The van der Waals surface area contributed by atoms with Crippen LogP contribution in [0.5, 0.6) is 0 Å². The lowest BCUT2D eigenvalue weighted by atomic mass is 9.86. The van der Waals surface area contributed by atoms with Crippen molar-refractivity contribution in [3.8, 4) is 0 Å². The van der Waals surface area contributed by atoms with Gasteiger partial charge in [-0.3, -0.25) is 29.4 Å². The number of nitrogens with one attached hydrogen (secondary N) is 2. The van der Waals surface area contributed by atoms with Gasteiger partial charge in [0.05, 0.1) is 17.7 Å². The summed E-state index contributed by atoms with van der Waals surface area (Å²) >= 11 is 0. The van der Waals surface area contributed by atoms with Crippen LogP contribution < -0.4 is 16.4 Å². The Balaban J connectivity index is 1.57. The number of carbonyl (C=O) groups excluding carboxylic acids is 5. The Bertz CT molecular complexity index is 1130. The zero-order chi connectivity index (χ0) is 22.9. The highest BCUT2D eigenvalue weighted by atomic mass is 16.5. The minimum Gasteiger partial charge on any atom is -0.445 e. The van der Waals surface area contributed by atoms with Gasteiger partial charge >= 0.3 is 6.09 Å². The van der Waals surface area contributed by atoms with Crippen molar-refractivity contribution in [1.29, 1.82) is 0 Å². The van der Waals surface area contributed by atoms with E-state index in [1.54, 1.807) is 24.3 Å². The lowest BCUT2D eigenvalue weighted by Gasteiger charge is -2.41. The molecule has 1 fully saturated rings. The predicted octanol–water partition coefficient (Wildman–Crippen LogP) is 0.967. The number of fused-ring (bicyclic) bond motifs is 1. The summed E-state index contributed by atoms with van der Waals surface area (Å²) in [5.74, 6) is -2.87. The molecule has 2 aromatic carbocycles. The molecule has 1 atom stereocenters. The van der Waals surface area contributed by atoms with Gasteiger partial charge < -0.3 is 15.8 Å². The van der Waals surface area contributed by atoms with Crippen molar-refractivity contribution in [3.05, 3.63) is 65.2 Å². The normalized spacial score (nSPS) is 20.1. The molecule has 2 aromatic rings. The maximum Gasteiger partial charge on any atom is 0.407 e. The van der Waals surface area contributed by atoms with E-state index in [4.69, 9.17) is 10.5 Å². The Hall–Kier alpha value is -4.21. The Morgan fingerprint density at radius 3 is 2.50 bits per heavy atom. The molecule has 1 saturated heterocycles. The lowest BCUT2D eigenvalue weighted by molar-refractivity contribution is -0.141. The Morgan fingerprint density at radius 1 is 1.06 bits per heavy atom. The summed E-state index contributed by atoms with van der Waals surface area (Å²) in [4.78, 5) is 64.0. The summed E-state index contributed by atoms with van der Waals surface area (Å²) in [7, 11) is 0. The van der Waals surface area contributed by atoms with Crippen LogP contribution in [0.4, 0.5) is 10.5 Å². The second-order valence-electron chi connectivity index (χ2n) is 7.54. The molecule has 0 aromatic heterocycles. The third kappa shape index (κ3) is 3.55. The van der Waals surface area contributed by atoms with E-state index in [9.17, 15) is 24.0 Å². The predicted molar refractivity (Wildman–Crippen MR) is 111 cm³/mol. The number of nitrogen functional groups attached to an aromatic ring is 1. The molecule has 4 N–H and O–H groups in total. The van der Waals surface area contributed by atoms with Gasteiger partial charge in [-0.2, -0.15) is 0 Å². The SMILES string of the molecule is Nc1cccc2c1C(=O)N(C1(CNC(=O)OCc3ccccc3)CCC(=O)NC1=O)C2=O. The van der Waals surface area contributed by atoms with Crippen molar-refractivity contribution in [1.82, 2.24) is 15.5 Å². The summed E-state index contributed by atoms with van der Waals surface area (Å²) in [5.41, 5.74) is 4.99. The van der Waals surface area contributed by atoms with Crippen LogP contribution in [-0.4, -0.2) is 46.7 Å². The second kappa shape index (κ2) is 8.14. The van der Waals surface area contributed by atoms with Crippen LogP contribution in [0.15, 0.2) is 48.5 Å². The molecule has 0 radical (unpaired) electrons. The molecule has 0 aliphatic carbocycles. The number of anilines is 1. The van der Waals surface area contributed by atoms with Crippen LogP contribution in [0, 0.1) is 0 Å². The van der Waals surface area contributed by atoms with E-state index in [1.165, 1.54) is 18.2 Å². The first-order valence-corrected chi connectivity index (χ1v) is 9.90. The molecular formula is C22H20N4O6. The van der Waals surface area contributed by atoms with E-state index in [-0.39, 0.29) is 36.3 Å². The van der Waals surface area contributed by atoms with Crippen LogP contribution in [0.2, 0.25) is 0 Å². The van der Waals surface area contributed by atoms with Crippen molar-refractivity contribution in [3.63, 3.8) is 0 Å². The average Bonchev–Trinajstić information content (AvgIpc) is 3.04. The van der Waals surface area contributed by atoms with E-state index < -0.39 is 41.8 Å². The van der Waals surface area contributed by atoms with Crippen molar-refractivity contribution < 1.29 is 28.7 Å². The molecule has 10 nitrogen and oxygen atoms in total. The first-order chi connectivity index (χ1) is 15.3. The Morgan fingerprint density at radius 2 is 1.81 bits per heavy atom. The van der Waals surface area contributed by atoms with Gasteiger partial charge in [-0.1, -0.05) is 36.4 Å². The van der Waals surface area contributed by atoms with Crippen molar-refractivity contribution in [2.24, 2.45) is 0 Å². The highest BCUT2D eigenvalue weighted by Crippen LogP contribution is 2.36. The van der Waals surface area contributed by atoms with Crippen molar-refractivity contribution in [2.45, 2.75) is 25.0 Å². The fourth-order valence-electron chi connectivity index (χ4n) is 3.89. The molecular weight excluding hydrogens is 416 g/mol. The lowest BCUT2D eigenvalue weighted by Crippen LogP contribution is -2.68. The zero-order valence-electron chi connectivity index (χ0n) is 16.9. The van der Waals surface area contributed by atoms with Crippen LogP contribution >= 0.6 is 0 Å². The molecule has 5 amide bonds. The standard InChI is InChI=1S/C22H20N4O6/c23-15-8-4-7-14-17(15)19(29)26(18(14)28)22(10-9-16(27)25-20(22)30)12-24-21(31)32-11-13-5-2-1-3-6-13/h1-8H,9-12,23H2,(H,24,31)(H,25,27,30). The molecule has 4 rings (SSSR count). The van der Waals surface area contributed by atoms with Gasteiger partial charge in [0.2, 0.25) is 5.91 Å². The van der Waals surface area contributed by atoms with Gasteiger partial charge in [-0.25, -0.2) is 4.79 Å². The number of piperidine rings is 1. The minimum absolute atomic E-state index is 0.00605. The maximum atomic E-state index is 13.1. The molecule has 0 bridgehead atoms. The van der Waals surface area contributed by atoms with E-state index in [2.05, 4.69) is 10.6 Å². The average molecular weight is 436 g/mol. The van der Waals surface area contributed by atoms with Crippen molar-refractivity contribution >= 4 is 35.4 Å². The van der Waals surface area contributed by atoms with E-state index in [0.29, 0.717) is 0 Å². The van der Waals surface area contributed by atoms with Crippen LogP contribution in [0.1, 0.15) is 39.1 Å². The van der Waals surface area contributed by atoms with Gasteiger partial charge in [0.25, 0.3) is 17.7 Å². The molecule has 0 saturated carbocycles. The molecule has 10 heteroatoms. The number of alkyl carbamates (subject to hydrolysis) is 1. The number of nitrogens with two attached hydrogens (primary N) is 1. The van der Waals surface area contributed by atoms with Gasteiger partial charge in [0, 0.05) is 12.1 Å². The molecule has 2 heterocycles. The van der Waals surface area contributed by atoms with Crippen LogP contribution in [0.25, 0.3) is 0 Å². The molecule has 0 spiro atoms. The van der Waals surface area contributed by atoms with Gasteiger partial charge in [0.1, 0.15) is 12.1 Å². The summed E-state index contributed by atoms with van der Waals surface area (Å²) < 4.78 is 5.16. The van der Waals surface area contributed by atoms with E-state index >= 15 is 0 Å². The number of rotatable bonds is 5. The summed E-state index contributed by atoms with van der Waals surface area (Å²) in [6.07, 6.45) is -1.11. The van der Waals surface area contributed by atoms with Crippen molar-refractivity contribution in [2.75, 3.05) is 12.3 Å². The Labute approximate surface area is 182 Å². The van der Waals surface area contributed by atoms with Gasteiger partial charge in [-0.15, -0.1) is 0 Å². The smallest absolute Gasteiger partial charge is 0.407 e. The molecule has 2 aliphatic heterocycles. The molecule has 32 heavy (non-hydrogen) atoms. The summed E-state index contributed by atoms with van der Waals surface area (Å²) in [6, 6.07) is 13.4. The third-order valence-electron chi connectivity index (χ3n) is 5.55. The first-order valence-electron chi connectivity index (χ1n) is 9.90. The van der Waals surface area contributed by atoms with E-state index in [0.717, 1.165) is 10.5 Å². The van der Waals surface area contributed by atoms with Crippen LogP contribution in [0.3, 0.4) is 0 Å². The second-order valence-corrected chi connectivity index (χ2v) is 7.54. The topological polar surface area (TPSA) is 148 Å². The Kier molecular flexibility index (Phi) is 5.35. The fourth-order valence-corrected chi connectivity index (χ4v) is 3.89. The number of hydrogen-bond donors (Lipinski definition) is 3. The monoisotopic (exact) mass is 436 g/mol. The summed E-state index contributed by atoms with van der Waals surface area (Å²) in [6.45, 7) is -0.432. The molecule has 1 unspecified atom stereocenters. The van der Waals surface area contributed by atoms with E-state index in [1.807, 2.05) is 6.07 Å². The highest BCUT2D eigenvalue weighted by molar-refractivity contribution is 6.26. The van der Waals surface area contributed by atoms with Gasteiger partial charge in [-0.05, 0) is 24.1 Å². The zero-order valence-corrected chi connectivity index (χ0v) is 16.9. The minimum atomic E-state index is -1.81. The fraction of sp³-hybridized carbons (Fsp3) is 0.227. The van der Waals surface area contributed by atoms with Gasteiger partial charge in [0.15, 0.2) is 0 Å². The largest absolute Gasteiger partial charge is 0.445 e. The number of hydrogen-bond acceptors (Lipinski definition) is 7. The first kappa shape index (κ1) is 21.0. The number of imide groups is 2. The van der Waals surface area contributed by atoms with Crippen LogP contribution in [-0.2, 0) is 20.9 Å². The number of benzene rings is 2. The number of carbonyl (C=O) groups is 5. The number of nitrogens with zero attached hydrogens (tertiary/aromatic N) is 1. The maximum absolute atomic E-state index is 13.1. The highest BCUT2D eigenvalue weighted by Gasteiger charge is 2.56. The number of ether oxygens (including phenoxy) is 1.